The van der Waals surface area contributed by atoms with E-state index in [0.29, 0.717) is 12.8 Å². The Morgan fingerprint density at radius 3 is 0.892 bits per heavy atom. The standard InChI is InChI=1S/C88H158N4O38/c1-6-8-10-12-14-16-18-20-21-22-23-24-25-27-29-31-33-35-37-39-60(104)92-51(52(103)38-36-34-32-30-28-26-19-17-15-13-11-9-7-2)47-117-85-72(113)71(112)78(59(46-99)124-85)127-88-75(116)81(67(108)56(43-96)121-88)130-84-63(91-50(5)102)70(111)77(58(45-98)123-84)126-87-74(115)80(66(107)55(42-95)120-87)129-83-62(90-49(4)101)69(110)76(57(44-97)122-83)125-86-73(114)79(65(106)54(41-94)119-86)128-82-61(89-48(3)100)68(109)64(105)53(40-93)118-82/h36,38,51-59,61-88,93-99,103,105-116H,6-35,37,39-47H2,1-5H3,(H,89,100)(H,90,101)(H,91,102)(H,92,104)/b38-36+/t51-,52+,53?,54?,55?,56?,57?,58?,59?,61?,62?,63?,64+,65-,66-,67-,68+,69+,70+,71+,72?,73?,74?,75?,76+,77+,78+,79-,80-,81-,82-,83-,84-,85+,86-,87-,88-/m0/s1. The smallest absolute Gasteiger partial charge is 0.220 e. The normalized spacial score (nSPS) is 37.2. The van der Waals surface area contributed by atoms with Crippen molar-refractivity contribution in [3.05, 3.63) is 12.2 Å². The number of hydrogen-bond donors (Lipinski definition) is 24. The van der Waals surface area contributed by atoms with Crippen molar-refractivity contribution in [3.8, 4) is 0 Å². The van der Waals surface area contributed by atoms with Gasteiger partial charge in [-0.25, -0.2) is 0 Å². The number of carbonyl (C=O) groups is 4. The largest absolute Gasteiger partial charge is 0.394 e. The maximum absolute atomic E-state index is 13.6. The van der Waals surface area contributed by atoms with Crippen molar-refractivity contribution >= 4 is 23.6 Å². The van der Waals surface area contributed by atoms with Gasteiger partial charge in [-0.2, -0.15) is 0 Å². The molecule has 0 aromatic rings. The third-order valence-corrected chi connectivity index (χ3v) is 25.2. The molecule has 42 heteroatoms. The minimum absolute atomic E-state index is 0.163. The Hall–Kier alpha value is -3.74. The molecule has 0 saturated carbocycles. The van der Waals surface area contributed by atoms with Crippen molar-refractivity contribution in [2.75, 3.05) is 52.9 Å². The van der Waals surface area contributed by atoms with E-state index >= 15 is 0 Å². The summed E-state index contributed by atoms with van der Waals surface area (Å²) in [5.41, 5.74) is 0. The molecule has 7 heterocycles. The van der Waals surface area contributed by atoms with E-state index < -0.39 is 297 Å². The Kier molecular flexibility index (Phi) is 52.4. The number of ether oxygens (including phenoxy) is 14. The molecule has 7 aliphatic heterocycles. The Balaban J connectivity index is 0.977. The van der Waals surface area contributed by atoms with Gasteiger partial charge in [0, 0.05) is 27.2 Å². The summed E-state index contributed by atoms with van der Waals surface area (Å²) in [7, 11) is 0. The first kappa shape index (κ1) is 113. The van der Waals surface area contributed by atoms with Crippen LogP contribution in [0.15, 0.2) is 12.2 Å². The van der Waals surface area contributed by atoms with Gasteiger partial charge in [-0.1, -0.05) is 206 Å². The fraction of sp³-hybridized carbons (Fsp3) is 0.932. The van der Waals surface area contributed by atoms with Crippen LogP contribution in [0.25, 0.3) is 0 Å². The Morgan fingerprint density at radius 1 is 0.300 bits per heavy atom. The van der Waals surface area contributed by atoms with Gasteiger partial charge in [0.25, 0.3) is 0 Å². The lowest BCUT2D eigenvalue weighted by Gasteiger charge is -2.51. The lowest BCUT2D eigenvalue weighted by Crippen LogP contribution is -2.71. The summed E-state index contributed by atoms with van der Waals surface area (Å²) in [6.45, 7) is -0.208. The van der Waals surface area contributed by atoms with Gasteiger partial charge in [0.2, 0.25) is 23.6 Å². The van der Waals surface area contributed by atoms with Gasteiger partial charge in [-0.3, -0.25) is 19.2 Å². The van der Waals surface area contributed by atoms with E-state index in [1.807, 2.05) is 6.08 Å². The number of unbranched alkanes of at least 4 members (excludes halogenated alkanes) is 29. The van der Waals surface area contributed by atoms with Crippen LogP contribution in [-0.4, -0.2) is 406 Å². The van der Waals surface area contributed by atoms with Gasteiger partial charge in [-0.05, 0) is 19.3 Å². The number of aliphatic hydroxyl groups excluding tert-OH is 20. The minimum atomic E-state index is -2.31. The number of aliphatic hydroxyl groups is 20. The van der Waals surface area contributed by atoms with E-state index in [1.165, 1.54) is 135 Å². The number of carbonyl (C=O) groups excluding carboxylic acids is 4. The van der Waals surface area contributed by atoms with Crippen molar-refractivity contribution < 1.29 is 188 Å². The van der Waals surface area contributed by atoms with Crippen LogP contribution >= 0.6 is 0 Å². The van der Waals surface area contributed by atoms with E-state index in [2.05, 4.69) is 35.1 Å². The second-order valence-electron chi connectivity index (χ2n) is 35.6. The summed E-state index contributed by atoms with van der Waals surface area (Å²) in [4.78, 5) is 51.9. The third-order valence-electron chi connectivity index (χ3n) is 25.2. The van der Waals surface area contributed by atoms with Crippen LogP contribution in [-0.2, 0) is 85.5 Å². The average molecular weight is 1880 g/mol. The molecule has 42 nitrogen and oxygen atoms in total. The highest BCUT2D eigenvalue weighted by Crippen LogP contribution is 2.39. The van der Waals surface area contributed by atoms with Crippen molar-refractivity contribution in [3.63, 3.8) is 0 Å². The molecule has 7 aliphatic rings. The summed E-state index contributed by atoms with van der Waals surface area (Å²) >= 11 is 0. The number of allylic oxidation sites excluding steroid dienone is 1. The first-order valence-electron chi connectivity index (χ1n) is 47.5. The SMILES string of the molecule is CCCCCCCCCCCCC/C=C/[C@@H](O)[C@H](CO[C@@H]1OC(CO)[C@@H](O[C@@H]2OC(CO)[C@H](O)[C@H](O[C@@H]3OC(CO)[C@@H](O[C@@H]4OC(CO)[C@H](O)[C@H](O[C@@H]5OC(CO)[C@@H](O[C@@H]6OC(CO)[C@H](O)[C@H](O[C@@H]7OC(CO)[C@@H](O)[C@H](O)C7NC(C)=O)C6O)[C@H](O)C5NC(C)=O)C4O)[C@H](O)C3NC(C)=O)C2O)[C@H](O)C1O)NC(=O)CCCCCCCCCCCCCCCCCCCCC. The summed E-state index contributed by atoms with van der Waals surface area (Å²) in [6.07, 6.45) is -24.4. The van der Waals surface area contributed by atoms with Crippen LogP contribution in [0.5, 0.6) is 0 Å². The predicted octanol–water partition coefficient (Wildman–Crippen LogP) is -2.90. The molecule has 0 spiro atoms. The van der Waals surface area contributed by atoms with Crippen LogP contribution in [0.2, 0.25) is 0 Å². The van der Waals surface area contributed by atoms with Crippen LogP contribution in [0.3, 0.4) is 0 Å². The average Bonchev–Trinajstić information content (AvgIpc) is 0.771. The number of amides is 4. The molecule has 7 rings (SSSR count). The van der Waals surface area contributed by atoms with Gasteiger partial charge in [-0.15, -0.1) is 0 Å². The van der Waals surface area contributed by atoms with E-state index in [1.54, 1.807) is 6.08 Å². The Morgan fingerprint density at radius 2 is 0.569 bits per heavy atom. The maximum atomic E-state index is 13.6. The molecule has 4 amide bonds. The summed E-state index contributed by atoms with van der Waals surface area (Å²) in [5.74, 6) is -2.91. The molecule has 758 valence electrons. The van der Waals surface area contributed by atoms with E-state index in [9.17, 15) is 121 Å². The molecule has 0 bridgehead atoms. The molecule has 130 heavy (non-hydrogen) atoms. The molecule has 7 saturated heterocycles. The van der Waals surface area contributed by atoms with Crippen LogP contribution in [0, 0.1) is 0 Å². The zero-order valence-electron chi connectivity index (χ0n) is 76.1. The Bertz CT molecular complexity index is 3140. The maximum Gasteiger partial charge on any atom is 0.220 e. The predicted molar refractivity (Wildman–Crippen MR) is 456 cm³/mol. The number of rotatable bonds is 60. The number of nitrogens with one attached hydrogen (secondary N) is 4. The van der Waals surface area contributed by atoms with Gasteiger partial charge in [0.1, 0.15) is 171 Å². The molecule has 24 N–H and O–H groups in total. The van der Waals surface area contributed by atoms with Crippen LogP contribution < -0.4 is 21.3 Å². The van der Waals surface area contributed by atoms with Gasteiger partial charge < -0.3 is 190 Å². The van der Waals surface area contributed by atoms with Crippen molar-refractivity contribution in [2.24, 2.45) is 0 Å². The van der Waals surface area contributed by atoms with Crippen molar-refractivity contribution in [2.45, 2.75) is 467 Å². The summed E-state index contributed by atoms with van der Waals surface area (Å²) in [6, 6.07) is -6.46. The molecular weight excluding hydrogens is 1720 g/mol. The number of hydrogen-bond acceptors (Lipinski definition) is 38. The molecule has 0 aromatic carbocycles. The van der Waals surface area contributed by atoms with E-state index in [-0.39, 0.29) is 12.3 Å². The molecular formula is C88H158N4O38. The topological polar surface area (TPSA) is 650 Å². The summed E-state index contributed by atoms with van der Waals surface area (Å²) in [5, 5.41) is 236. The second-order valence-corrected chi connectivity index (χ2v) is 35.6. The molecule has 0 aromatic heterocycles. The monoisotopic (exact) mass is 1880 g/mol. The quantitative estimate of drug-likeness (QED) is 0.0215. The summed E-state index contributed by atoms with van der Waals surface area (Å²) < 4.78 is 83.3. The van der Waals surface area contributed by atoms with Crippen molar-refractivity contribution in [1.29, 1.82) is 0 Å². The zero-order chi connectivity index (χ0) is 95.1. The van der Waals surface area contributed by atoms with Gasteiger partial charge >= 0.3 is 0 Å². The third kappa shape index (κ3) is 34.1. The fourth-order valence-corrected chi connectivity index (χ4v) is 17.7. The minimum Gasteiger partial charge on any atom is -0.394 e. The van der Waals surface area contributed by atoms with Crippen LogP contribution in [0.1, 0.15) is 240 Å². The van der Waals surface area contributed by atoms with E-state index in [0.717, 1.165) is 72.1 Å². The lowest BCUT2D eigenvalue weighted by atomic mass is 9.93. The Labute approximate surface area is 761 Å². The molecule has 14 unspecified atom stereocenters. The molecule has 0 aliphatic carbocycles. The van der Waals surface area contributed by atoms with E-state index in [4.69, 9.17) is 66.3 Å². The first-order valence-corrected chi connectivity index (χ1v) is 47.5. The zero-order valence-corrected chi connectivity index (χ0v) is 76.1. The fourth-order valence-electron chi connectivity index (χ4n) is 17.7. The van der Waals surface area contributed by atoms with Crippen molar-refractivity contribution in [1.82, 2.24) is 21.3 Å². The highest BCUT2D eigenvalue weighted by molar-refractivity contribution is 5.76. The first-order chi connectivity index (χ1) is 62.4. The second kappa shape index (κ2) is 60.2. The molecule has 0 radical (unpaired) electrons. The highest BCUT2D eigenvalue weighted by Gasteiger charge is 2.60. The molecule has 7 fully saturated rings. The lowest BCUT2D eigenvalue weighted by molar-refractivity contribution is -0.388. The highest BCUT2D eigenvalue weighted by atomic mass is 16.8. The van der Waals surface area contributed by atoms with Gasteiger partial charge in [0.05, 0.1) is 65.0 Å². The molecule has 37 atom stereocenters. The van der Waals surface area contributed by atoms with Crippen LogP contribution in [0.4, 0.5) is 0 Å². The van der Waals surface area contributed by atoms with Gasteiger partial charge in [0.15, 0.2) is 44.0 Å².